The average molecular weight is 420 g/mol. The van der Waals surface area contributed by atoms with Gasteiger partial charge in [-0.25, -0.2) is 0 Å². The summed E-state index contributed by atoms with van der Waals surface area (Å²) in [4.78, 5) is 26.7. The van der Waals surface area contributed by atoms with Gasteiger partial charge in [-0.3, -0.25) is 19.9 Å². The molecule has 1 aliphatic carbocycles. The molecule has 5 rings (SSSR count). The van der Waals surface area contributed by atoms with Crippen molar-refractivity contribution in [3.05, 3.63) is 65.7 Å². The van der Waals surface area contributed by atoms with Gasteiger partial charge in [0, 0.05) is 6.42 Å². The molecular weight excluding hydrogens is 394 g/mol. The summed E-state index contributed by atoms with van der Waals surface area (Å²) in [6.45, 7) is 2.11. The second-order valence-corrected chi connectivity index (χ2v) is 9.96. The maximum Gasteiger partial charge on any atom is 0.237 e. The SMILES string of the molecule is C[C@]1(c2ccc(N3C(=O)[C@@H]4CCCC[C@H]4C3=O)cc2)NN=C(Cc2ccccc2)S1. The summed E-state index contributed by atoms with van der Waals surface area (Å²) in [6.07, 6.45) is 4.55. The van der Waals surface area contributed by atoms with E-state index in [-0.39, 0.29) is 28.5 Å². The molecule has 0 bridgehead atoms. The number of benzene rings is 2. The van der Waals surface area contributed by atoms with Crippen LogP contribution in [-0.2, 0) is 20.9 Å². The summed E-state index contributed by atoms with van der Waals surface area (Å²) >= 11 is 1.71. The molecule has 6 heteroatoms. The number of thioether (sulfide) groups is 1. The Bertz CT molecular complexity index is 981. The van der Waals surface area contributed by atoms with Crippen LogP contribution >= 0.6 is 11.8 Å². The predicted octanol–water partition coefficient (Wildman–Crippen LogP) is 4.43. The molecule has 154 valence electrons. The van der Waals surface area contributed by atoms with Crippen LogP contribution in [0, 0.1) is 11.8 Å². The fourth-order valence-electron chi connectivity index (χ4n) is 4.77. The zero-order valence-electron chi connectivity index (χ0n) is 17.0. The van der Waals surface area contributed by atoms with Crippen molar-refractivity contribution in [2.75, 3.05) is 4.90 Å². The van der Waals surface area contributed by atoms with Crippen molar-refractivity contribution in [1.29, 1.82) is 0 Å². The largest absolute Gasteiger partial charge is 0.289 e. The van der Waals surface area contributed by atoms with Crippen LogP contribution in [0.2, 0.25) is 0 Å². The van der Waals surface area contributed by atoms with E-state index in [2.05, 4.69) is 29.6 Å². The third kappa shape index (κ3) is 3.33. The van der Waals surface area contributed by atoms with Crippen molar-refractivity contribution in [3.8, 4) is 0 Å². The molecule has 1 N–H and O–H groups in total. The van der Waals surface area contributed by atoms with Crippen molar-refractivity contribution in [2.24, 2.45) is 16.9 Å². The Labute approximate surface area is 180 Å². The van der Waals surface area contributed by atoms with Crippen molar-refractivity contribution >= 4 is 34.3 Å². The van der Waals surface area contributed by atoms with E-state index in [9.17, 15) is 9.59 Å². The molecule has 0 radical (unpaired) electrons. The number of hydrogen-bond donors (Lipinski definition) is 1. The molecule has 0 spiro atoms. The van der Waals surface area contributed by atoms with Crippen LogP contribution in [0.3, 0.4) is 0 Å². The number of anilines is 1. The Kier molecular flexibility index (Phi) is 4.89. The normalized spacial score (nSPS) is 28.3. The lowest BCUT2D eigenvalue weighted by Gasteiger charge is -2.24. The monoisotopic (exact) mass is 419 g/mol. The average Bonchev–Trinajstić information content (AvgIpc) is 3.27. The summed E-state index contributed by atoms with van der Waals surface area (Å²) in [5.41, 5.74) is 6.25. The van der Waals surface area contributed by atoms with E-state index in [0.29, 0.717) is 5.69 Å². The van der Waals surface area contributed by atoms with Gasteiger partial charge in [0.05, 0.1) is 17.5 Å². The van der Waals surface area contributed by atoms with E-state index in [0.717, 1.165) is 42.7 Å². The van der Waals surface area contributed by atoms with E-state index in [1.165, 1.54) is 10.5 Å². The second-order valence-electron chi connectivity index (χ2n) is 8.47. The minimum absolute atomic E-state index is 0.0227. The fraction of sp³-hybridized carbons (Fsp3) is 0.375. The van der Waals surface area contributed by atoms with Gasteiger partial charge in [0.1, 0.15) is 9.91 Å². The van der Waals surface area contributed by atoms with Crippen LogP contribution in [0.25, 0.3) is 0 Å². The minimum atomic E-state index is -0.365. The fourth-order valence-corrected chi connectivity index (χ4v) is 5.91. The third-order valence-electron chi connectivity index (χ3n) is 6.43. The van der Waals surface area contributed by atoms with E-state index in [1.54, 1.807) is 11.8 Å². The van der Waals surface area contributed by atoms with Gasteiger partial charge in [0.25, 0.3) is 0 Å². The Hall–Kier alpha value is -2.60. The zero-order valence-corrected chi connectivity index (χ0v) is 17.8. The Balaban J connectivity index is 1.31. The number of fused-ring (bicyclic) bond motifs is 1. The molecule has 2 aromatic rings. The maximum atomic E-state index is 12.8. The molecule has 2 amide bonds. The number of amides is 2. The number of carbonyl (C=O) groups excluding carboxylic acids is 2. The lowest BCUT2D eigenvalue weighted by atomic mass is 9.81. The molecule has 2 aromatic carbocycles. The van der Waals surface area contributed by atoms with Gasteiger partial charge >= 0.3 is 0 Å². The lowest BCUT2D eigenvalue weighted by Crippen LogP contribution is -2.31. The predicted molar refractivity (Wildman–Crippen MR) is 120 cm³/mol. The van der Waals surface area contributed by atoms with Crippen LogP contribution in [0.5, 0.6) is 0 Å². The highest BCUT2D eigenvalue weighted by Crippen LogP contribution is 2.42. The summed E-state index contributed by atoms with van der Waals surface area (Å²) in [5.74, 6) is -0.287. The first-order valence-electron chi connectivity index (χ1n) is 10.6. The van der Waals surface area contributed by atoms with Crippen molar-refractivity contribution in [3.63, 3.8) is 0 Å². The smallest absolute Gasteiger partial charge is 0.237 e. The number of carbonyl (C=O) groups is 2. The maximum absolute atomic E-state index is 12.8. The molecule has 1 saturated heterocycles. The molecular formula is C24H25N3O2S. The molecule has 1 saturated carbocycles. The highest BCUT2D eigenvalue weighted by molar-refractivity contribution is 8.14. The number of nitrogens with zero attached hydrogens (tertiary/aromatic N) is 2. The highest BCUT2D eigenvalue weighted by Gasteiger charge is 2.48. The summed E-state index contributed by atoms with van der Waals surface area (Å²) in [5, 5.41) is 5.59. The molecule has 3 atom stereocenters. The molecule has 30 heavy (non-hydrogen) atoms. The van der Waals surface area contributed by atoms with Crippen LogP contribution < -0.4 is 10.3 Å². The number of nitrogens with one attached hydrogen (secondary N) is 1. The molecule has 5 nitrogen and oxygen atoms in total. The number of rotatable bonds is 4. The molecule has 2 heterocycles. The van der Waals surface area contributed by atoms with Crippen LogP contribution in [-0.4, -0.2) is 16.9 Å². The molecule has 0 unspecified atom stereocenters. The van der Waals surface area contributed by atoms with E-state index >= 15 is 0 Å². The van der Waals surface area contributed by atoms with Crippen LogP contribution in [0.4, 0.5) is 5.69 Å². The van der Waals surface area contributed by atoms with E-state index in [4.69, 9.17) is 0 Å². The second kappa shape index (κ2) is 7.58. The minimum Gasteiger partial charge on any atom is -0.289 e. The molecule has 2 fully saturated rings. The highest BCUT2D eigenvalue weighted by atomic mass is 32.2. The number of hydrazone groups is 1. The van der Waals surface area contributed by atoms with Crippen molar-refractivity contribution in [2.45, 2.75) is 43.9 Å². The Morgan fingerprint density at radius 2 is 1.63 bits per heavy atom. The Morgan fingerprint density at radius 1 is 1.00 bits per heavy atom. The summed E-state index contributed by atoms with van der Waals surface area (Å²) < 4.78 is 0. The van der Waals surface area contributed by atoms with Gasteiger partial charge in [-0.2, -0.15) is 5.10 Å². The van der Waals surface area contributed by atoms with Gasteiger partial charge in [-0.15, -0.1) is 0 Å². The van der Waals surface area contributed by atoms with E-state index in [1.807, 2.05) is 42.5 Å². The first-order valence-corrected chi connectivity index (χ1v) is 11.4. The molecule has 2 aliphatic heterocycles. The van der Waals surface area contributed by atoms with Gasteiger partial charge < -0.3 is 0 Å². The molecule has 3 aliphatic rings. The van der Waals surface area contributed by atoms with Crippen molar-refractivity contribution in [1.82, 2.24) is 5.43 Å². The van der Waals surface area contributed by atoms with Crippen molar-refractivity contribution < 1.29 is 9.59 Å². The number of imide groups is 1. The van der Waals surface area contributed by atoms with Crippen LogP contribution in [0.15, 0.2) is 59.7 Å². The van der Waals surface area contributed by atoms with Gasteiger partial charge in [-0.1, -0.05) is 67.1 Å². The molecule has 0 aromatic heterocycles. The third-order valence-corrected chi connectivity index (χ3v) is 7.64. The lowest BCUT2D eigenvalue weighted by molar-refractivity contribution is -0.122. The topological polar surface area (TPSA) is 61.8 Å². The number of hydrogen-bond acceptors (Lipinski definition) is 5. The summed E-state index contributed by atoms with van der Waals surface area (Å²) in [6, 6.07) is 18.1. The van der Waals surface area contributed by atoms with E-state index < -0.39 is 0 Å². The summed E-state index contributed by atoms with van der Waals surface area (Å²) in [7, 11) is 0. The Morgan fingerprint density at radius 3 is 2.27 bits per heavy atom. The first kappa shape index (κ1) is 19.4. The van der Waals surface area contributed by atoms with Gasteiger partial charge in [-0.05, 0) is 43.0 Å². The van der Waals surface area contributed by atoms with Crippen LogP contribution in [0.1, 0.15) is 43.7 Å². The quantitative estimate of drug-likeness (QED) is 0.745. The van der Waals surface area contributed by atoms with Gasteiger partial charge in [0.2, 0.25) is 11.8 Å². The van der Waals surface area contributed by atoms with Gasteiger partial charge in [0.15, 0.2) is 0 Å². The first-order chi connectivity index (χ1) is 14.5. The zero-order chi connectivity index (χ0) is 20.7. The standard InChI is InChI=1S/C24H25N3O2S/c1-24(26-25-21(30-24)15-16-7-3-2-4-8-16)17-11-13-18(14-12-17)27-22(28)19-9-5-6-10-20(19)23(27)29/h2-4,7-8,11-14,19-20,26H,5-6,9-10,15H2,1H3/t19-,20-,24+/m1/s1.